The highest BCUT2D eigenvalue weighted by Crippen LogP contribution is 2.14. The van der Waals surface area contributed by atoms with E-state index in [0.29, 0.717) is 25.9 Å². The van der Waals surface area contributed by atoms with E-state index in [1.807, 2.05) is 13.8 Å². The maximum atomic E-state index is 11.9. The van der Waals surface area contributed by atoms with Crippen LogP contribution in [0.3, 0.4) is 0 Å². The highest BCUT2D eigenvalue weighted by Gasteiger charge is 2.27. The summed E-state index contributed by atoms with van der Waals surface area (Å²) in [4.78, 5) is 13.7. The van der Waals surface area contributed by atoms with Crippen molar-refractivity contribution in [1.82, 2.24) is 4.90 Å². The fourth-order valence-electron chi connectivity index (χ4n) is 1.79. The molecule has 0 bridgehead atoms. The Bertz CT molecular complexity index is 213. The zero-order valence-electron chi connectivity index (χ0n) is 9.65. The molecule has 1 aliphatic rings. The van der Waals surface area contributed by atoms with Gasteiger partial charge in [-0.15, -0.1) is 0 Å². The van der Waals surface area contributed by atoms with E-state index in [9.17, 15) is 9.90 Å². The molecule has 0 aromatic heterocycles. The first kappa shape index (κ1) is 12.5. The first-order valence-electron chi connectivity index (χ1n) is 5.78. The number of nitrogens with zero attached hydrogens (tertiary/aromatic N) is 1. The molecule has 1 saturated heterocycles. The van der Waals surface area contributed by atoms with Gasteiger partial charge in [0.05, 0.1) is 12.1 Å². The highest BCUT2D eigenvalue weighted by molar-refractivity contribution is 5.82. The number of aliphatic hydroxyl groups excluding tert-OH is 1. The van der Waals surface area contributed by atoms with Crippen molar-refractivity contribution in [2.45, 2.75) is 45.3 Å². The van der Waals surface area contributed by atoms with Gasteiger partial charge in [-0.1, -0.05) is 20.3 Å². The lowest BCUT2D eigenvalue weighted by molar-refractivity contribution is -0.135. The number of amides is 1. The molecule has 4 heteroatoms. The second-order valence-corrected chi connectivity index (χ2v) is 4.47. The predicted molar refractivity (Wildman–Crippen MR) is 59.3 cm³/mol. The lowest BCUT2D eigenvalue weighted by atomic mass is 9.97. The van der Waals surface area contributed by atoms with Gasteiger partial charge in [-0.3, -0.25) is 4.79 Å². The number of piperidine rings is 1. The number of carbonyl (C=O) groups excluding carboxylic acids is 1. The van der Waals surface area contributed by atoms with E-state index >= 15 is 0 Å². The van der Waals surface area contributed by atoms with Gasteiger partial charge in [-0.05, 0) is 18.8 Å². The van der Waals surface area contributed by atoms with Gasteiger partial charge in [0.15, 0.2) is 0 Å². The van der Waals surface area contributed by atoms with Gasteiger partial charge in [0.25, 0.3) is 0 Å². The quantitative estimate of drug-likeness (QED) is 0.712. The third-order valence-corrected chi connectivity index (χ3v) is 3.32. The molecule has 88 valence electrons. The van der Waals surface area contributed by atoms with Crippen LogP contribution in [0.25, 0.3) is 0 Å². The Morgan fingerprint density at radius 1 is 1.53 bits per heavy atom. The van der Waals surface area contributed by atoms with Gasteiger partial charge in [0, 0.05) is 13.1 Å². The molecule has 0 spiro atoms. The van der Waals surface area contributed by atoms with Crippen LogP contribution in [0.5, 0.6) is 0 Å². The van der Waals surface area contributed by atoms with Gasteiger partial charge in [-0.2, -0.15) is 0 Å². The second-order valence-electron chi connectivity index (χ2n) is 4.47. The van der Waals surface area contributed by atoms with E-state index in [1.165, 1.54) is 0 Å². The average molecular weight is 214 g/mol. The van der Waals surface area contributed by atoms with Crippen molar-refractivity contribution in [3.8, 4) is 0 Å². The Kier molecular flexibility index (Phi) is 4.54. The van der Waals surface area contributed by atoms with Crippen LogP contribution in [-0.2, 0) is 4.79 Å². The number of carbonyl (C=O) groups is 1. The summed E-state index contributed by atoms with van der Waals surface area (Å²) >= 11 is 0. The van der Waals surface area contributed by atoms with Gasteiger partial charge < -0.3 is 15.7 Å². The summed E-state index contributed by atoms with van der Waals surface area (Å²) in [6.45, 7) is 5.33. The fourth-order valence-corrected chi connectivity index (χ4v) is 1.79. The molecule has 15 heavy (non-hydrogen) atoms. The van der Waals surface area contributed by atoms with Crippen LogP contribution in [0.4, 0.5) is 0 Å². The molecule has 2 atom stereocenters. The number of hydrogen-bond donors (Lipinski definition) is 2. The maximum absolute atomic E-state index is 11.9. The Labute approximate surface area is 91.4 Å². The van der Waals surface area contributed by atoms with Crippen molar-refractivity contribution >= 4 is 5.91 Å². The van der Waals surface area contributed by atoms with Crippen LogP contribution >= 0.6 is 0 Å². The zero-order chi connectivity index (χ0) is 11.4. The number of nitrogens with two attached hydrogens (primary N) is 1. The van der Waals surface area contributed by atoms with Crippen molar-refractivity contribution in [3.63, 3.8) is 0 Å². The Morgan fingerprint density at radius 2 is 2.07 bits per heavy atom. The summed E-state index contributed by atoms with van der Waals surface area (Å²) in [6.07, 6.45) is 2.04. The van der Waals surface area contributed by atoms with Crippen molar-refractivity contribution in [2.24, 2.45) is 11.7 Å². The first-order chi connectivity index (χ1) is 7.06. The van der Waals surface area contributed by atoms with E-state index in [2.05, 4.69) is 0 Å². The molecule has 1 heterocycles. The summed E-state index contributed by atoms with van der Waals surface area (Å²) < 4.78 is 0. The van der Waals surface area contributed by atoms with Crippen molar-refractivity contribution < 1.29 is 9.90 Å². The minimum absolute atomic E-state index is 0.0382. The van der Waals surface area contributed by atoms with E-state index in [4.69, 9.17) is 5.73 Å². The van der Waals surface area contributed by atoms with E-state index in [1.54, 1.807) is 4.90 Å². The lowest BCUT2D eigenvalue weighted by Crippen LogP contribution is -2.50. The van der Waals surface area contributed by atoms with Gasteiger partial charge in [0.1, 0.15) is 0 Å². The third kappa shape index (κ3) is 3.18. The monoisotopic (exact) mass is 214 g/mol. The van der Waals surface area contributed by atoms with E-state index in [-0.39, 0.29) is 24.0 Å². The van der Waals surface area contributed by atoms with Crippen LogP contribution in [0, 0.1) is 5.92 Å². The average Bonchev–Trinajstić information content (AvgIpc) is 2.27. The van der Waals surface area contributed by atoms with Crippen LogP contribution in [0.1, 0.15) is 33.1 Å². The van der Waals surface area contributed by atoms with Crippen LogP contribution in [0.15, 0.2) is 0 Å². The summed E-state index contributed by atoms with van der Waals surface area (Å²) in [5.74, 6) is 0.264. The largest absolute Gasteiger partial charge is 0.393 e. The first-order valence-corrected chi connectivity index (χ1v) is 5.78. The predicted octanol–water partition coefficient (Wildman–Crippen LogP) is 0.343. The zero-order valence-corrected chi connectivity index (χ0v) is 9.65. The topological polar surface area (TPSA) is 66.6 Å². The molecule has 0 unspecified atom stereocenters. The van der Waals surface area contributed by atoms with Crippen LogP contribution < -0.4 is 5.73 Å². The summed E-state index contributed by atoms with van der Waals surface area (Å²) in [5, 5.41) is 9.33. The molecule has 4 nitrogen and oxygen atoms in total. The summed E-state index contributed by atoms with van der Waals surface area (Å²) in [6, 6.07) is -0.384. The molecule has 0 aromatic carbocycles. The number of aliphatic hydroxyl groups is 1. The van der Waals surface area contributed by atoms with Crippen molar-refractivity contribution in [1.29, 1.82) is 0 Å². The fraction of sp³-hybridized carbons (Fsp3) is 0.909. The summed E-state index contributed by atoms with van der Waals surface area (Å²) in [5.41, 5.74) is 5.88. The Hall–Kier alpha value is -0.610. The maximum Gasteiger partial charge on any atom is 0.239 e. The molecule has 1 fully saturated rings. The van der Waals surface area contributed by atoms with Gasteiger partial charge in [-0.25, -0.2) is 0 Å². The molecule has 1 rings (SSSR count). The van der Waals surface area contributed by atoms with Crippen molar-refractivity contribution in [2.75, 3.05) is 13.1 Å². The normalized spacial score (nSPS) is 22.5. The minimum Gasteiger partial charge on any atom is -0.393 e. The minimum atomic E-state index is -0.384. The van der Waals surface area contributed by atoms with Gasteiger partial charge in [0.2, 0.25) is 5.91 Å². The summed E-state index contributed by atoms with van der Waals surface area (Å²) in [7, 11) is 0. The van der Waals surface area contributed by atoms with E-state index < -0.39 is 0 Å². The standard InChI is InChI=1S/C11H22N2O2/c1-3-8(2)10(12)11(15)13-6-4-9(14)5-7-13/h8-10,14H,3-7,12H2,1-2H3/t8-,10-/m0/s1. The molecule has 0 aromatic rings. The van der Waals surface area contributed by atoms with Gasteiger partial charge >= 0.3 is 0 Å². The van der Waals surface area contributed by atoms with Crippen molar-refractivity contribution in [3.05, 3.63) is 0 Å². The SMILES string of the molecule is CC[C@H](C)[C@H](N)C(=O)N1CCC(O)CC1. The number of rotatable bonds is 3. The second kappa shape index (κ2) is 5.47. The molecular weight excluding hydrogens is 192 g/mol. The molecular formula is C11H22N2O2. The molecule has 1 amide bonds. The number of hydrogen-bond acceptors (Lipinski definition) is 3. The van der Waals surface area contributed by atoms with E-state index in [0.717, 1.165) is 6.42 Å². The Morgan fingerprint density at radius 3 is 2.53 bits per heavy atom. The lowest BCUT2D eigenvalue weighted by Gasteiger charge is -2.32. The highest BCUT2D eigenvalue weighted by atomic mass is 16.3. The molecule has 0 saturated carbocycles. The molecule has 0 radical (unpaired) electrons. The number of likely N-dealkylation sites (tertiary alicyclic amines) is 1. The van der Waals surface area contributed by atoms with Crippen LogP contribution in [-0.4, -0.2) is 41.1 Å². The molecule has 0 aliphatic carbocycles. The van der Waals surface area contributed by atoms with Crippen LogP contribution in [0.2, 0.25) is 0 Å². The smallest absolute Gasteiger partial charge is 0.239 e. The third-order valence-electron chi connectivity index (χ3n) is 3.32. The molecule has 3 N–H and O–H groups in total. The Balaban J connectivity index is 2.46. The molecule has 1 aliphatic heterocycles.